The maximum Gasteiger partial charge on any atom is 0.410 e. The maximum absolute atomic E-state index is 13.4. The zero-order chi connectivity index (χ0) is 26.4. The highest BCUT2D eigenvalue weighted by Gasteiger charge is 2.34. The van der Waals surface area contributed by atoms with Crippen molar-refractivity contribution in [3.63, 3.8) is 0 Å². The Morgan fingerprint density at radius 2 is 1.78 bits per heavy atom. The van der Waals surface area contributed by atoms with Crippen LogP contribution in [0.1, 0.15) is 64.0 Å². The first kappa shape index (κ1) is 25.8. The first-order valence-corrected chi connectivity index (χ1v) is 12.0. The lowest BCUT2D eigenvalue weighted by Crippen LogP contribution is -2.41. The van der Waals surface area contributed by atoms with E-state index in [2.05, 4.69) is 11.9 Å². The average Bonchev–Trinajstić information content (AvgIpc) is 3.02. The smallest absolute Gasteiger partial charge is 0.410 e. The number of carbonyl (C=O) groups is 2. The number of alkyl halides is 3. The number of halogens is 3. The first-order valence-electron chi connectivity index (χ1n) is 12.0. The Morgan fingerprint density at radius 3 is 2.36 bits per heavy atom. The largest absolute Gasteiger partial charge is 0.444 e. The van der Waals surface area contributed by atoms with Crippen molar-refractivity contribution < 1.29 is 27.5 Å². The number of allylic oxidation sites excluding steroid dienone is 1. The summed E-state index contributed by atoms with van der Waals surface area (Å²) in [6.45, 7) is 8.75. The van der Waals surface area contributed by atoms with Gasteiger partial charge in [0.15, 0.2) is 0 Å². The number of amides is 2. The number of likely N-dealkylation sites (tertiary alicyclic amines) is 1. The number of nitrogens with zero attached hydrogens (tertiary/aromatic N) is 3. The third-order valence-corrected chi connectivity index (χ3v) is 6.60. The molecule has 11 heteroatoms. The van der Waals surface area contributed by atoms with Gasteiger partial charge in [-0.3, -0.25) is 13.9 Å². The van der Waals surface area contributed by atoms with E-state index in [0.717, 1.165) is 10.1 Å². The number of carbonyl (C=O) groups excluding carboxylic acids is 2. The summed E-state index contributed by atoms with van der Waals surface area (Å²) in [5.41, 5.74) is 0.269. The highest BCUT2D eigenvalue weighted by atomic mass is 19.4. The van der Waals surface area contributed by atoms with Crippen molar-refractivity contribution in [1.82, 2.24) is 19.4 Å². The van der Waals surface area contributed by atoms with E-state index in [1.165, 1.54) is 4.57 Å². The zero-order valence-electron chi connectivity index (χ0n) is 20.7. The second-order valence-corrected chi connectivity index (χ2v) is 10.5. The van der Waals surface area contributed by atoms with Gasteiger partial charge in [-0.05, 0) is 63.6 Å². The molecular formula is C25H31F3N4O4. The highest BCUT2D eigenvalue weighted by molar-refractivity contribution is 5.80. The molecule has 2 aromatic rings. The normalized spacial score (nSPS) is 20.1. The lowest BCUT2D eigenvalue weighted by molar-refractivity contribution is -0.140. The van der Waals surface area contributed by atoms with E-state index in [4.69, 9.17) is 4.74 Å². The van der Waals surface area contributed by atoms with E-state index in [0.29, 0.717) is 31.4 Å². The molecule has 2 fully saturated rings. The average molecular weight is 509 g/mol. The van der Waals surface area contributed by atoms with Gasteiger partial charge in [0, 0.05) is 25.2 Å². The van der Waals surface area contributed by atoms with Crippen molar-refractivity contribution in [3.05, 3.63) is 46.5 Å². The highest BCUT2D eigenvalue weighted by Crippen LogP contribution is 2.33. The molecule has 2 aliphatic rings. The quantitative estimate of drug-likeness (QED) is 0.664. The molecule has 1 atom stereocenters. The zero-order valence-corrected chi connectivity index (χ0v) is 20.7. The second kappa shape index (κ2) is 9.33. The van der Waals surface area contributed by atoms with Crippen molar-refractivity contribution in [2.45, 2.75) is 76.7 Å². The monoisotopic (exact) mass is 508 g/mol. The molecule has 3 heterocycles. The number of nitrogens with one attached hydrogen (secondary N) is 1. The van der Waals surface area contributed by atoms with Gasteiger partial charge in [-0.25, -0.2) is 9.59 Å². The van der Waals surface area contributed by atoms with Gasteiger partial charge >= 0.3 is 18.0 Å². The summed E-state index contributed by atoms with van der Waals surface area (Å²) in [4.78, 5) is 38.9. The van der Waals surface area contributed by atoms with Crippen LogP contribution in [0.25, 0.3) is 11.0 Å². The van der Waals surface area contributed by atoms with E-state index >= 15 is 0 Å². The van der Waals surface area contributed by atoms with Gasteiger partial charge in [0.25, 0.3) is 0 Å². The van der Waals surface area contributed by atoms with Gasteiger partial charge in [0.1, 0.15) is 12.1 Å². The summed E-state index contributed by atoms with van der Waals surface area (Å²) in [5.74, 6) is -0.210. The van der Waals surface area contributed by atoms with Crippen molar-refractivity contribution in [2.75, 3.05) is 13.1 Å². The molecule has 2 aliphatic heterocycles. The Balaban J connectivity index is 1.65. The van der Waals surface area contributed by atoms with Crippen molar-refractivity contribution in [1.29, 1.82) is 0 Å². The topological polar surface area (TPSA) is 85.6 Å². The molecule has 4 rings (SSSR count). The number of benzene rings is 1. The number of ether oxygens (including phenoxy) is 1. The number of rotatable bonds is 3. The molecule has 36 heavy (non-hydrogen) atoms. The maximum atomic E-state index is 13.4. The standard InChI is InChI=1S/C25H31F3N4O4/c1-15-18(7-8-21(33)29-15)32-19-6-5-17(13-20(19)31(22(32)34)14-25(26,27)28)16-9-11-30(12-10-16)23(35)36-24(2,3)4/h5-6,13,16,18H,1,7-12,14H2,2-4H3,(H,29,33). The molecule has 1 N–H and O–H groups in total. The Bertz CT molecular complexity index is 1250. The summed E-state index contributed by atoms with van der Waals surface area (Å²) in [6, 6.07) is 4.52. The SMILES string of the molecule is C=C1NC(=O)CCC1n1c(=O)n(CC(F)(F)F)c2cc(C3CCN(C(=O)OC(C)(C)C)CC3)ccc21. The van der Waals surface area contributed by atoms with E-state index in [-0.39, 0.29) is 42.0 Å². The van der Waals surface area contributed by atoms with Gasteiger partial charge < -0.3 is 15.0 Å². The fourth-order valence-corrected chi connectivity index (χ4v) is 4.96. The van der Waals surface area contributed by atoms with Crippen molar-refractivity contribution in [2.24, 2.45) is 0 Å². The van der Waals surface area contributed by atoms with Gasteiger partial charge in [-0.15, -0.1) is 0 Å². The van der Waals surface area contributed by atoms with Crippen LogP contribution in [0.4, 0.5) is 18.0 Å². The van der Waals surface area contributed by atoms with E-state index in [1.807, 2.05) is 6.07 Å². The van der Waals surface area contributed by atoms with Crippen LogP contribution in [-0.4, -0.2) is 50.9 Å². The number of hydrogen-bond donors (Lipinski definition) is 1. The molecular weight excluding hydrogens is 477 g/mol. The molecule has 0 saturated carbocycles. The lowest BCUT2D eigenvalue weighted by Gasteiger charge is -2.33. The van der Waals surface area contributed by atoms with Crippen LogP contribution in [0, 0.1) is 0 Å². The molecule has 0 bridgehead atoms. The van der Waals surface area contributed by atoms with Crippen LogP contribution in [0.15, 0.2) is 35.3 Å². The summed E-state index contributed by atoms with van der Waals surface area (Å²) in [5, 5.41) is 2.60. The Labute approximate surface area is 206 Å². The summed E-state index contributed by atoms with van der Waals surface area (Å²) < 4.78 is 47.8. The minimum Gasteiger partial charge on any atom is -0.444 e. The van der Waals surface area contributed by atoms with Crippen LogP contribution < -0.4 is 11.0 Å². The van der Waals surface area contributed by atoms with Crippen LogP contribution in [0.5, 0.6) is 0 Å². The Hall–Kier alpha value is -3.24. The molecule has 8 nitrogen and oxygen atoms in total. The molecule has 0 spiro atoms. The van der Waals surface area contributed by atoms with Crippen molar-refractivity contribution >= 4 is 23.0 Å². The molecule has 0 aliphatic carbocycles. The third-order valence-electron chi connectivity index (χ3n) is 6.60. The number of piperidine rings is 2. The predicted octanol–water partition coefficient (Wildman–Crippen LogP) is 4.44. The van der Waals surface area contributed by atoms with E-state index < -0.39 is 30.1 Å². The summed E-state index contributed by atoms with van der Waals surface area (Å²) >= 11 is 0. The van der Waals surface area contributed by atoms with Crippen LogP contribution in [0.3, 0.4) is 0 Å². The molecule has 2 amide bonds. The number of aromatic nitrogens is 2. The molecule has 1 aromatic heterocycles. The van der Waals surface area contributed by atoms with E-state index in [1.54, 1.807) is 37.8 Å². The van der Waals surface area contributed by atoms with Gasteiger partial charge in [0.05, 0.1) is 17.1 Å². The summed E-state index contributed by atoms with van der Waals surface area (Å²) in [7, 11) is 0. The van der Waals surface area contributed by atoms with E-state index in [9.17, 15) is 27.6 Å². The van der Waals surface area contributed by atoms with Gasteiger partial charge in [0.2, 0.25) is 5.91 Å². The predicted molar refractivity (Wildman–Crippen MR) is 128 cm³/mol. The lowest BCUT2D eigenvalue weighted by atomic mass is 9.89. The van der Waals surface area contributed by atoms with Crippen LogP contribution >= 0.6 is 0 Å². The molecule has 196 valence electrons. The number of imidazole rings is 1. The fraction of sp³-hybridized carbons (Fsp3) is 0.560. The number of hydrogen-bond acceptors (Lipinski definition) is 4. The first-order chi connectivity index (χ1) is 16.7. The fourth-order valence-electron chi connectivity index (χ4n) is 4.96. The van der Waals surface area contributed by atoms with Gasteiger partial charge in [-0.2, -0.15) is 13.2 Å². The number of fused-ring (bicyclic) bond motifs is 1. The summed E-state index contributed by atoms with van der Waals surface area (Å²) in [6.07, 6.45) is -3.29. The molecule has 2 saturated heterocycles. The molecule has 1 aromatic carbocycles. The van der Waals surface area contributed by atoms with Crippen LogP contribution in [0.2, 0.25) is 0 Å². The van der Waals surface area contributed by atoms with Crippen LogP contribution in [-0.2, 0) is 16.1 Å². The Morgan fingerprint density at radius 1 is 1.11 bits per heavy atom. The molecule has 0 radical (unpaired) electrons. The molecule has 1 unspecified atom stereocenters. The minimum absolute atomic E-state index is 0.0230. The minimum atomic E-state index is -4.59. The Kier molecular flexibility index (Phi) is 6.70. The third kappa shape index (κ3) is 5.44. The second-order valence-electron chi connectivity index (χ2n) is 10.5. The van der Waals surface area contributed by atoms with Gasteiger partial charge in [-0.1, -0.05) is 12.6 Å². The van der Waals surface area contributed by atoms with Crippen molar-refractivity contribution in [3.8, 4) is 0 Å².